The summed E-state index contributed by atoms with van der Waals surface area (Å²) in [6.07, 6.45) is 1.17. The largest absolute Gasteiger partial charge is 0.455 e. The number of sulfonamides is 1. The predicted octanol–water partition coefficient (Wildman–Crippen LogP) is 1.37. The Morgan fingerprint density at radius 1 is 1.25 bits per heavy atom. The number of carbonyl (C=O) groups is 2. The summed E-state index contributed by atoms with van der Waals surface area (Å²) in [4.78, 5) is 42.8. The number of carbonyl (C=O) groups excluding carboxylic acids is 2. The molecule has 2 aliphatic rings. The van der Waals surface area contributed by atoms with Gasteiger partial charge in [0.2, 0.25) is 28.3 Å². The summed E-state index contributed by atoms with van der Waals surface area (Å²) in [6.45, 7) is 16.2. The number of furan rings is 1. The Kier molecular flexibility index (Phi) is 8.05. The lowest BCUT2D eigenvalue weighted by molar-refractivity contribution is -0.131. The van der Waals surface area contributed by atoms with Gasteiger partial charge in [0.25, 0.3) is 0 Å². The Bertz CT molecular complexity index is 1530. The van der Waals surface area contributed by atoms with Crippen molar-refractivity contribution < 1.29 is 27.2 Å². The molecule has 1 atom stereocenters. The van der Waals surface area contributed by atoms with E-state index in [0.29, 0.717) is 44.1 Å². The molecule has 0 aliphatic carbocycles. The van der Waals surface area contributed by atoms with Gasteiger partial charge in [-0.05, 0) is 45.1 Å². The maximum atomic E-state index is 12.8. The van der Waals surface area contributed by atoms with Gasteiger partial charge in [0.1, 0.15) is 22.4 Å². The van der Waals surface area contributed by atoms with Crippen LogP contribution in [0.4, 0.5) is 10.6 Å². The van der Waals surface area contributed by atoms with Crippen LogP contribution in [0.5, 0.6) is 0 Å². The van der Waals surface area contributed by atoms with Crippen molar-refractivity contribution in [3.63, 3.8) is 0 Å². The highest BCUT2D eigenvalue weighted by Gasteiger charge is 2.35. The number of ether oxygens (including phenoxy) is 1. The van der Waals surface area contributed by atoms with E-state index in [-0.39, 0.29) is 41.5 Å². The van der Waals surface area contributed by atoms with Gasteiger partial charge in [0, 0.05) is 38.7 Å². The zero-order chi connectivity index (χ0) is 29.2. The summed E-state index contributed by atoms with van der Waals surface area (Å²) < 4.78 is 34.5. The maximum Gasteiger partial charge on any atom is 0.410 e. The molecule has 2 aliphatic heterocycles. The minimum Gasteiger partial charge on any atom is -0.455 e. The Morgan fingerprint density at radius 2 is 2.00 bits per heavy atom. The lowest BCUT2D eigenvalue weighted by Crippen LogP contribution is -2.56. The molecular formula is C26H31N7O6S. The average Bonchev–Trinajstić information content (AvgIpc) is 3.35. The summed E-state index contributed by atoms with van der Waals surface area (Å²) in [6, 6.07) is 0.898. The topological polar surface area (TPSA) is 157 Å². The second-order valence-corrected chi connectivity index (χ2v) is 12.0. The Balaban J connectivity index is 1.74. The highest BCUT2D eigenvalue weighted by atomic mass is 32.2. The third kappa shape index (κ3) is 6.52. The van der Waals surface area contributed by atoms with Gasteiger partial charge >= 0.3 is 6.09 Å². The number of fused-ring (bicyclic) bond motifs is 1. The minimum atomic E-state index is -4.05. The average molecular weight is 570 g/mol. The molecule has 1 fully saturated rings. The van der Waals surface area contributed by atoms with Crippen LogP contribution in [0.25, 0.3) is 4.85 Å². The van der Waals surface area contributed by atoms with Crippen molar-refractivity contribution in [3.05, 3.63) is 46.6 Å². The van der Waals surface area contributed by atoms with E-state index in [2.05, 4.69) is 21.7 Å². The molecule has 40 heavy (non-hydrogen) atoms. The van der Waals surface area contributed by atoms with E-state index in [1.807, 2.05) is 4.90 Å². The molecule has 0 aromatic carbocycles. The van der Waals surface area contributed by atoms with Crippen molar-refractivity contribution in [1.29, 1.82) is 0 Å². The van der Waals surface area contributed by atoms with E-state index in [4.69, 9.17) is 25.8 Å². The molecule has 1 saturated heterocycles. The van der Waals surface area contributed by atoms with Crippen molar-refractivity contribution in [2.24, 2.45) is 5.14 Å². The van der Waals surface area contributed by atoms with Gasteiger partial charge in [-0.1, -0.05) is 0 Å². The molecule has 13 nitrogen and oxygen atoms in total. The highest BCUT2D eigenvalue weighted by molar-refractivity contribution is 7.89. The molecule has 2 amide bonds. The molecule has 0 spiro atoms. The number of nitrogens with two attached hydrogens (primary N) is 1. The smallest absolute Gasteiger partial charge is 0.410 e. The third-order valence-corrected chi connectivity index (χ3v) is 7.34. The van der Waals surface area contributed by atoms with Gasteiger partial charge in [-0.3, -0.25) is 4.79 Å². The van der Waals surface area contributed by atoms with E-state index in [0.717, 1.165) is 5.56 Å². The summed E-state index contributed by atoms with van der Waals surface area (Å²) in [5.74, 6) is 5.87. The van der Waals surface area contributed by atoms with E-state index in [1.54, 1.807) is 30.6 Å². The predicted molar refractivity (Wildman–Crippen MR) is 143 cm³/mol. The number of anilines is 1. The Hall–Kier alpha value is -4.14. The molecule has 0 radical (unpaired) electrons. The van der Waals surface area contributed by atoms with Crippen molar-refractivity contribution in [3.8, 4) is 11.8 Å². The number of aromatic nitrogens is 2. The zero-order valence-corrected chi connectivity index (χ0v) is 23.6. The highest BCUT2D eigenvalue weighted by Crippen LogP contribution is 2.29. The SMILES string of the molecule is [C-]#[N+]C[C@H]1CN(c2nc(C#Cc3occc3S(N)(=O)=O)nc3c2CCN(C(=O)OC(C)(C)C)C3)CCN1C(C)=O. The first kappa shape index (κ1) is 28.9. The Morgan fingerprint density at radius 3 is 2.65 bits per heavy atom. The van der Waals surface area contributed by atoms with Gasteiger partial charge < -0.3 is 28.7 Å². The molecular weight excluding hydrogens is 538 g/mol. The first-order valence-corrected chi connectivity index (χ1v) is 14.2. The Labute approximate surface area is 233 Å². The molecule has 2 N–H and O–H groups in total. The van der Waals surface area contributed by atoms with Crippen molar-refractivity contribution in [1.82, 2.24) is 19.8 Å². The van der Waals surface area contributed by atoms with Crippen LogP contribution in [-0.2, 0) is 32.5 Å². The lowest BCUT2D eigenvalue weighted by atomic mass is 10.0. The third-order valence-electron chi connectivity index (χ3n) is 6.41. The van der Waals surface area contributed by atoms with E-state index < -0.39 is 21.7 Å². The van der Waals surface area contributed by atoms with Crippen molar-refractivity contribution in [2.75, 3.05) is 37.6 Å². The fourth-order valence-corrected chi connectivity index (χ4v) is 5.26. The van der Waals surface area contributed by atoms with Gasteiger partial charge in [-0.25, -0.2) is 34.9 Å². The number of rotatable bonds is 3. The number of amides is 2. The van der Waals surface area contributed by atoms with Crippen LogP contribution in [-0.4, -0.2) is 84.6 Å². The molecule has 4 heterocycles. The quantitative estimate of drug-likeness (QED) is 0.426. The molecule has 0 unspecified atom stereocenters. The van der Waals surface area contributed by atoms with Crippen molar-refractivity contribution >= 4 is 27.8 Å². The van der Waals surface area contributed by atoms with E-state index in [1.165, 1.54) is 19.3 Å². The van der Waals surface area contributed by atoms with Crippen LogP contribution in [0.1, 0.15) is 50.5 Å². The second kappa shape index (κ2) is 11.2. The summed E-state index contributed by atoms with van der Waals surface area (Å²) >= 11 is 0. The van der Waals surface area contributed by atoms with Gasteiger partial charge in [-0.2, -0.15) is 0 Å². The van der Waals surface area contributed by atoms with Crippen LogP contribution in [0.3, 0.4) is 0 Å². The molecule has 2 aromatic heterocycles. The van der Waals surface area contributed by atoms with Crippen LogP contribution in [0.15, 0.2) is 21.6 Å². The first-order chi connectivity index (χ1) is 18.8. The maximum absolute atomic E-state index is 12.8. The van der Waals surface area contributed by atoms with Crippen molar-refractivity contribution in [2.45, 2.75) is 57.2 Å². The molecule has 0 bridgehead atoms. The lowest BCUT2D eigenvalue weighted by Gasteiger charge is -2.40. The number of primary sulfonamides is 1. The van der Waals surface area contributed by atoms with E-state index >= 15 is 0 Å². The zero-order valence-electron chi connectivity index (χ0n) is 22.8. The minimum absolute atomic E-state index is 0.0901. The summed E-state index contributed by atoms with van der Waals surface area (Å²) in [5, 5.41) is 5.25. The second-order valence-electron chi connectivity index (χ2n) is 10.5. The van der Waals surface area contributed by atoms with Gasteiger partial charge in [0.05, 0.1) is 18.5 Å². The fraction of sp³-hybridized carbons (Fsp3) is 0.500. The summed E-state index contributed by atoms with van der Waals surface area (Å²) in [7, 11) is -4.05. The van der Waals surface area contributed by atoms with Gasteiger partial charge in [-0.15, -0.1) is 0 Å². The molecule has 4 rings (SSSR count). The van der Waals surface area contributed by atoms with Crippen LogP contribution >= 0.6 is 0 Å². The number of nitrogens with zero attached hydrogens (tertiary/aromatic N) is 6. The van der Waals surface area contributed by atoms with E-state index in [9.17, 15) is 18.0 Å². The fourth-order valence-electron chi connectivity index (χ4n) is 4.66. The number of hydrogen-bond donors (Lipinski definition) is 1. The summed E-state index contributed by atoms with van der Waals surface area (Å²) in [5.41, 5.74) is 0.753. The molecule has 0 saturated carbocycles. The first-order valence-electron chi connectivity index (χ1n) is 12.6. The van der Waals surface area contributed by atoms with Gasteiger partial charge in [0.15, 0.2) is 5.76 Å². The van der Waals surface area contributed by atoms with Crippen LogP contribution in [0, 0.1) is 18.4 Å². The number of hydrogen-bond acceptors (Lipinski definition) is 9. The monoisotopic (exact) mass is 569 g/mol. The standard InChI is InChI=1S/C26H31N7O6S/c1-17(34)33-12-11-31(15-18(33)14-28-5)24-19-8-10-32(25(35)39-26(2,3)4)16-20(19)29-23(30-24)7-6-21-22(9-13-38-21)40(27,36)37/h9,13,18H,8,10-12,14-16H2,1-4H3,(H2,27,36,37)/t18-/m0/s1. The number of piperazine rings is 1. The molecule has 212 valence electrons. The molecule has 2 aromatic rings. The normalized spacial score (nSPS) is 17.4. The van der Waals surface area contributed by atoms with Crippen LogP contribution in [0.2, 0.25) is 0 Å². The molecule has 14 heteroatoms. The van der Waals surface area contributed by atoms with Crippen LogP contribution < -0.4 is 10.0 Å².